The van der Waals surface area contributed by atoms with E-state index in [1.807, 2.05) is 61.5 Å². The summed E-state index contributed by atoms with van der Waals surface area (Å²) in [5, 5.41) is 123. The zero-order valence-corrected chi connectivity index (χ0v) is 71.8. The molecule has 17 N–H and O–H groups in total. The molecule has 0 aliphatic heterocycles. The predicted molar refractivity (Wildman–Crippen MR) is 495 cm³/mol. The Balaban J connectivity index is 0.000000139. The number of ketones is 4. The topological polar surface area (TPSA) is 492 Å². The highest BCUT2D eigenvalue weighted by Gasteiger charge is 2.35. The lowest BCUT2D eigenvalue weighted by atomic mass is 9.97. The van der Waals surface area contributed by atoms with E-state index in [4.69, 9.17) is 5.11 Å². The number of aromatic amines is 5. The van der Waals surface area contributed by atoms with Crippen molar-refractivity contribution in [3.05, 3.63) is 314 Å². The summed E-state index contributed by atoms with van der Waals surface area (Å²) in [6.07, 6.45) is 12.0. The highest BCUT2D eigenvalue weighted by molar-refractivity contribution is 7.18. The first kappa shape index (κ1) is 89.6. The van der Waals surface area contributed by atoms with Gasteiger partial charge in [-0.2, -0.15) is 0 Å². The molecule has 0 aliphatic carbocycles. The number of thiophene rings is 4. The lowest BCUT2D eigenvalue weighted by Gasteiger charge is -2.09. The number of carbonyl (C=O) groups is 10. The molecule has 0 amide bonds. The Hall–Kier alpha value is -15.6. The zero-order valence-electron chi connectivity index (χ0n) is 68.5. The Bertz CT molecular complexity index is 7390. The molecule has 0 spiro atoms. The maximum atomic E-state index is 13.5. The van der Waals surface area contributed by atoms with Gasteiger partial charge in [0.2, 0.25) is 23.1 Å². The van der Waals surface area contributed by atoms with Gasteiger partial charge in [0.05, 0.1) is 29.1 Å². The van der Waals surface area contributed by atoms with Crippen LogP contribution in [-0.2, 0) is 22.4 Å². The minimum atomic E-state index is -1.24. The second-order valence-electron chi connectivity index (χ2n) is 30.1. The molecule has 8 aromatic carbocycles. The number of H-pyrrole nitrogens is 5. The Morgan fingerprint density at radius 3 is 1.04 bits per heavy atom. The minimum Gasteiger partial charge on any atom is -0.506 e. The maximum absolute atomic E-state index is 13.5. The largest absolute Gasteiger partial charge is 0.506 e. The molecule has 0 saturated heterocycles. The first-order valence-electron chi connectivity index (χ1n) is 39.6. The summed E-state index contributed by atoms with van der Waals surface area (Å²) in [7, 11) is 0. The molecule has 17 aromatic rings. The van der Waals surface area contributed by atoms with Crippen LogP contribution in [0.5, 0.6) is 23.0 Å². The van der Waals surface area contributed by atoms with E-state index in [0.29, 0.717) is 77.9 Å². The number of aliphatic hydroxyl groups excluding tert-OH is 2. The number of benzene rings is 8. The summed E-state index contributed by atoms with van der Waals surface area (Å²) < 4.78 is 0. The molecule has 2 atom stereocenters. The van der Waals surface area contributed by atoms with Gasteiger partial charge in [-0.1, -0.05) is 202 Å². The lowest BCUT2D eigenvalue weighted by molar-refractivity contribution is -0.141. The van der Waals surface area contributed by atoms with E-state index >= 15 is 0 Å². The number of para-hydroxylation sites is 5. The van der Waals surface area contributed by atoms with Crippen LogP contribution in [0.25, 0.3) is 111 Å². The summed E-state index contributed by atoms with van der Waals surface area (Å²) in [4.78, 5) is 138. The zero-order chi connectivity index (χ0) is 92.1. The van der Waals surface area contributed by atoms with Crippen molar-refractivity contribution >= 4 is 171 Å². The van der Waals surface area contributed by atoms with E-state index in [0.717, 1.165) is 89.5 Å². The average molecular weight is 1800 g/mol. The predicted octanol–water partition coefficient (Wildman–Crippen LogP) is 19.9. The molecule has 650 valence electrons. The third-order valence-electron chi connectivity index (χ3n) is 21.4. The van der Waals surface area contributed by atoms with Crippen LogP contribution in [0.2, 0.25) is 0 Å². The third-order valence-corrected chi connectivity index (χ3v) is 26.1. The number of hydrogen-bond acceptors (Lipinski definition) is 20. The van der Waals surface area contributed by atoms with Crippen molar-refractivity contribution in [1.29, 1.82) is 0 Å². The van der Waals surface area contributed by atoms with Crippen molar-refractivity contribution in [3.63, 3.8) is 0 Å². The van der Waals surface area contributed by atoms with Crippen molar-refractivity contribution in [2.24, 2.45) is 11.8 Å². The number of aromatic hydroxyl groups is 4. The van der Waals surface area contributed by atoms with E-state index < -0.39 is 64.9 Å². The number of hydrogen-bond donors (Lipinski definition) is 17. The first-order chi connectivity index (χ1) is 61.9. The number of aliphatic carboxylic acids is 2. The average Bonchev–Trinajstić information content (AvgIpc) is 1.64. The molecule has 0 aliphatic rings. The molecule has 9 aromatic heterocycles. The van der Waals surface area contributed by atoms with Crippen LogP contribution in [0.3, 0.4) is 0 Å². The molecule has 27 nitrogen and oxygen atoms in total. The van der Waals surface area contributed by atoms with Crippen LogP contribution in [0.15, 0.2) is 230 Å². The summed E-state index contributed by atoms with van der Waals surface area (Å²) in [6, 6.07) is 54.5. The molecule has 31 heteroatoms. The third kappa shape index (κ3) is 17.9. The molecular weight excluding hydrogens is 1730 g/mol. The van der Waals surface area contributed by atoms with Gasteiger partial charge >= 0.3 is 35.8 Å². The maximum Gasteiger partial charge on any atom is 0.346 e. The Morgan fingerprint density at radius 1 is 0.349 bits per heavy atom. The summed E-state index contributed by atoms with van der Waals surface area (Å²) >= 11 is 2.99. The lowest BCUT2D eigenvalue weighted by Crippen LogP contribution is -2.12. The van der Waals surface area contributed by atoms with Gasteiger partial charge in [-0.05, 0) is 89.3 Å². The summed E-state index contributed by atoms with van der Waals surface area (Å²) in [5.41, 5.74) is 11.3. The highest BCUT2D eigenvalue weighted by atomic mass is 32.1. The van der Waals surface area contributed by atoms with E-state index in [9.17, 15) is 104 Å². The van der Waals surface area contributed by atoms with Gasteiger partial charge in [0.25, 0.3) is 0 Å². The number of rotatable bonds is 26. The van der Waals surface area contributed by atoms with Gasteiger partial charge in [0.15, 0.2) is 0 Å². The monoisotopic (exact) mass is 1800 g/mol. The molecule has 129 heavy (non-hydrogen) atoms. The summed E-state index contributed by atoms with van der Waals surface area (Å²) in [5.74, 6) is -10.7. The number of aliphatic hydroxyl groups is 2. The van der Waals surface area contributed by atoms with Gasteiger partial charge in [0.1, 0.15) is 62.0 Å². The molecule has 17 rings (SSSR count). The second-order valence-corrected chi connectivity index (χ2v) is 34.1. The van der Waals surface area contributed by atoms with Crippen molar-refractivity contribution < 1.29 is 109 Å². The van der Waals surface area contributed by atoms with Crippen molar-refractivity contribution in [1.82, 2.24) is 24.9 Å². The number of carboxylic acid groups (broad SMARTS) is 6. The quantitative estimate of drug-likeness (QED) is 0.0177. The SMILES string of the molecule is C/C(=C\c1cccc2c(C(=O)c3sc(C(=O)O)c(-c4ccccc4)c3O)c[nH]c12)C(=O)O.C/C(=C\c1cccc2c(C(=O)c3sc(C(=O)O)c(-c4ccccc4)c3O)c[nH]c12)CO.CC(CO)Cc1cccc2c(C(=O)c3sc(C(=O)O)c(-c4c[nH]c5ccccc45)c3O)c[nH]c12.CC(Cc1cccc2c(C(=O)c3sc(C(=O)O)c(-c4ccccc4)c3O)c[nH]c12)C(=O)O. The van der Waals surface area contributed by atoms with Crippen LogP contribution < -0.4 is 0 Å². The number of aromatic carboxylic acids is 4. The summed E-state index contributed by atoms with van der Waals surface area (Å²) in [6.45, 7) is 6.80. The fraction of sp³-hybridized carbons (Fsp3) is 0.102. The molecule has 0 fully saturated rings. The van der Waals surface area contributed by atoms with Crippen LogP contribution in [-0.4, -0.2) is 158 Å². The van der Waals surface area contributed by atoms with Crippen LogP contribution in [0.4, 0.5) is 0 Å². The van der Waals surface area contributed by atoms with Gasteiger partial charge in [-0.15, -0.1) is 45.3 Å². The number of aromatic nitrogens is 5. The Kier molecular flexibility index (Phi) is 26.4. The van der Waals surface area contributed by atoms with Crippen LogP contribution in [0.1, 0.15) is 150 Å². The van der Waals surface area contributed by atoms with E-state index in [-0.39, 0.29) is 127 Å². The van der Waals surface area contributed by atoms with E-state index in [1.54, 1.807) is 172 Å². The van der Waals surface area contributed by atoms with Crippen molar-refractivity contribution in [2.75, 3.05) is 13.2 Å². The molecule has 2 unspecified atom stereocenters. The normalized spacial score (nSPS) is 12.0. The fourth-order valence-corrected chi connectivity index (χ4v) is 19.2. The number of carbonyl (C=O) groups excluding carboxylic acids is 4. The molecular formula is C98H77N5O22S4. The van der Waals surface area contributed by atoms with Gasteiger partial charge < -0.3 is 86.2 Å². The standard InChI is InChI=1S/C26H22N2O5S.C24H19NO6S.C24H17NO6S.C24H19NO5S/c1-13(12-29)9-14-5-4-7-16-18(11-28-21(14)16)22(30)25-23(31)20(24(34-25)26(32)33)17-10-27-19-8-3-2-6-15(17)19;2*1-12(23(28)29)10-14-8-5-9-15-16(11-25-18(14)15)19(26)22-20(27)17(21(32-22)24(30)31)13-6-3-2-4-7-13;1-13(12-26)10-15-8-5-9-16-17(11-25-19(15)16)20(27)23-21(28)18(22(31-23)24(29)30)14-6-3-2-4-7-14/h2-8,10-11,13,27-29,31H,9,12H2,1H3,(H,32,33);2-9,11-12,25,27H,10H2,1H3,(H,28,29)(H,30,31);2-11,25,27H,1H3,(H,28,29)(H,30,31);2-11,25-26,28H,12H2,1H3,(H,29,30)/b;;12-10+;13-10+. The van der Waals surface area contributed by atoms with Crippen LogP contribution in [0, 0.1) is 11.8 Å². The van der Waals surface area contributed by atoms with Gasteiger partial charge in [0, 0.05) is 131 Å². The molecule has 0 saturated carbocycles. The van der Waals surface area contributed by atoms with E-state index in [2.05, 4.69) is 24.9 Å². The smallest absolute Gasteiger partial charge is 0.346 e. The fourth-order valence-electron chi connectivity index (χ4n) is 15.1. The van der Waals surface area contributed by atoms with Crippen molar-refractivity contribution in [3.8, 4) is 67.5 Å². The van der Waals surface area contributed by atoms with Gasteiger partial charge in [-0.25, -0.2) is 24.0 Å². The minimum absolute atomic E-state index is 0.0206. The number of nitrogens with one attached hydrogen (secondary N) is 5. The van der Waals surface area contributed by atoms with E-state index in [1.165, 1.54) is 25.4 Å². The molecule has 0 bridgehead atoms. The highest BCUT2D eigenvalue weighted by Crippen LogP contribution is 2.50. The number of fused-ring (bicyclic) bond motifs is 5. The second kappa shape index (κ2) is 38.1. The first-order valence-corrected chi connectivity index (χ1v) is 42.9. The Labute approximate surface area is 747 Å². The number of carboxylic acids is 6. The van der Waals surface area contributed by atoms with Crippen molar-refractivity contribution in [2.45, 2.75) is 40.5 Å². The van der Waals surface area contributed by atoms with Gasteiger partial charge in [-0.3, -0.25) is 24.0 Å². The molecule has 0 radical (unpaired) electrons. The van der Waals surface area contributed by atoms with Crippen LogP contribution >= 0.6 is 45.3 Å². The Morgan fingerprint density at radius 2 is 0.674 bits per heavy atom. The molecule has 9 heterocycles.